The van der Waals surface area contributed by atoms with Crippen molar-refractivity contribution in [1.82, 2.24) is 10.6 Å². The zero-order valence-corrected chi connectivity index (χ0v) is 16.5. The molecule has 4 atom stereocenters. The quantitative estimate of drug-likeness (QED) is 0.321. The predicted molar refractivity (Wildman–Crippen MR) is 104 cm³/mol. The van der Waals surface area contributed by atoms with E-state index in [1.54, 1.807) is 27.7 Å². The Morgan fingerprint density at radius 3 is 1.27 bits per heavy atom. The molecule has 0 aliphatic rings. The lowest BCUT2D eigenvalue weighted by Gasteiger charge is -2.20. The van der Waals surface area contributed by atoms with E-state index in [0.717, 1.165) is 22.3 Å². The fraction of sp³-hybridized carbons (Fsp3) is 0.700. The van der Waals surface area contributed by atoms with Crippen molar-refractivity contribution in [1.29, 1.82) is 0 Å². The van der Waals surface area contributed by atoms with Crippen molar-refractivity contribution in [3.63, 3.8) is 0 Å². The first-order chi connectivity index (χ1) is 12.2. The molecule has 6 heteroatoms. The van der Waals surface area contributed by atoms with Crippen molar-refractivity contribution in [3.05, 3.63) is 34.4 Å². The molecule has 26 heavy (non-hydrogen) atoms. The Morgan fingerprint density at radius 1 is 0.615 bits per heavy atom. The van der Waals surface area contributed by atoms with Crippen LogP contribution in [-0.4, -0.2) is 57.9 Å². The SMILES string of the molecule is CC(O)CNCc1cc(CNCC(C)O)c(CC(C)O)cc1CC(C)O. The van der Waals surface area contributed by atoms with Gasteiger partial charge in [0.25, 0.3) is 0 Å². The number of rotatable bonds is 12. The largest absolute Gasteiger partial charge is 0.393 e. The normalized spacial score (nSPS) is 16.3. The van der Waals surface area contributed by atoms with Crippen LogP contribution in [0.15, 0.2) is 12.1 Å². The van der Waals surface area contributed by atoms with Crippen molar-refractivity contribution in [2.24, 2.45) is 0 Å². The fourth-order valence-electron chi connectivity index (χ4n) is 2.97. The Morgan fingerprint density at radius 2 is 0.962 bits per heavy atom. The molecule has 150 valence electrons. The molecule has 0 fully saturated rings. The molecule has 4 unspecified atom stereocenters. The third-order valence-corrected chi connectivity index (χ3v) is 4.06. The fourth-order valence-corrected chi connectivity index (χ4v) is 2.97. The highest BCUT2D eigenvalue weighted by Crippen LogP contribution is 2.21. The zero-order chi connectivity index (χ0) is 19.7. The van der Waals surface area contributed by atoms with E-state index < -0.39 is 24.4 Å². The van der Waals surface area contributed by atoms with Crippen molar-refractivity contribution >= 4 is 0 Å². The summed E-state index contributed by atoms with van der Waals surface area (Å²) in [6.45, 7) is 9.20. The lowest BCUT2D eigenvalue weighted by atomic mass is 9.92. The van der Waals surface area contributed by atoms with E-state index in [1.807, 2.05) is 0 Å². The van der Waals surface area contributed by atoms with Gasteiger partial charge < -0.3 is 31.1 Å². The van der Waals surface area contributed by atoms with Gasteiger partial charge >= 0.3 is 0 Å². The smallest absolute Gasteiger partial charge is 0.0636 e. The van der Waals surface area contributed by atoms with Crippen molar-refractivity contribution in [3.8, 4) is 0 Å². The second kappa shape index (κ2) is 11.6. The molecule has 6 nitrogen and oxygen atoms in total. The molecule has 0 aromatic heterocycles. The molecule has 6 N–H and O–H groups in total. The van der Waals surface area contributed by atoms with Gasteiger partial charge in [-0.3, -0.25) is 0 Å². The summed E-state index contributed by atoms with van der Waals surface area (Å²) in [6, 6.07) is 4.16. The number of benzene rings is 1. The predicted octanol–water partition coefficient (Wildman–Crippen LogP) is 0.474. The molecule has 1 aromatic rings. The van der Waals surface area contributed by atoms with Crippen molar-refractivity contribution < 1.29 is 20.4 Å². The topological polar surface area (TPSA) is 105 Å². The summed E-state index contributed by atoms with van der Waals surface area (Å²) in [5.74, 6) is 0. The minimum atomic E-state index is -0.455. The highest BCUT2D eigenvalue weighted by atomic mass is 16.3. The summed E-state index contributed by atoms with van der Waals surface area (Å²) in [5, 5.41) is 45.0. The van der Waals surface area contributed by atoms with Crippen LogP contribution >= 0.6 is 0 Å². The van der Waals surface area contributed by atoms with Gasteiger partial charge in [-0.05, 0) is 62.8 Å². The van der Waals surface area contributed by atoms with E-state index in [0.29, 0.717) is 39.0 Å². The molecule has 0 aliphatic carbocycles. The van der Waals surface area contributed by atoms with E-state index in [-0.39, 0.29) is 0 Å². The molecule has 1 rings (SSSR count). The Balaban J connectivity index is 3.08. The third-order valence-electron chi connectivity index (χ3n) is 4.06. The minimum absolute atomic E-state index is 0.420. The van der Waals surface area contributed by atoms with Crippen molar-refractivity contribution in [2.45, 2.75) is 78.0 Å². The van der Waals surface area contributed by atoms with Gasteiger partial charge in [0.1, 0.15) is 0 Å². The van der Waals surface area contributed by atoms with Gasteiger partial charge in [0, 0.05) is 26.2 Å². The Kier molecular flexibility index (Phi) is 10.3. The van der Waals surface area contributed by atoms with Gasteiger partial charge in [-0.1, -0.05) is 12.1 Å². The van der Waals surface area contributed by atoms with Crippen molar-refractivity contribution in [2.75, 3.05) is 13.1 Å². The maximum absolute atomic E-state index is 9.84. The summed E-state index contributed by atoms with van der Waals surface area (Å²) < 4.78 is 0. The van der Waals surface area contributed by atoms with Crippen LogP contribution in [0.4, 0.5) is 0 Å². The van der Waals surface area contributed by atoms with Crippen LogP contribution in [0.1, 0.15) is 49.9 Å². The number of hydrogen-bond acceptors (Lipinski definition) is 6. The monoisotopic (exact) mass is 368 g/mol. The van der Waals surface area contributed by atoms with Crippen LogP contribution in [0.3, 0.4) is 0 Å². The summed E-state index contributed by atoms with van der Waals surface area (Å²) in [7, 11) is 0. The molecule has 0 aliphatic heterocycles. The summed E-state index contributed by atoms with van der Waals surface area (Å²) >= 11 is 0. The Bertz CT molecular complexity index is 488. The van der Waals surface area contributed by atoms with E-state index in [1.165, 1.54) is 0 Å². The molecular formula is C20H36N2O4. The van der Waals surface area contributed by atoms with Gasteiger partial charge in [0.05, 0.1) is 24.4 Å². The molecule has 0 radical (unpaired) electrons. The zero-order valence-electron chi connectivity index (χ0n) is 16.5. The Labute approximate surface area is 157 Å². The van der Waals surface area contributed by atoms with Crippen LogP contribution in [0.2, 0.25) is 0 Å². The summed E-state index contributed by atoms with van der Waals surface area (Å²) in [6.07, 6.45) is -0.665. The summed E-state index contributed by atoms with van der Waals surface area (Å²) in [5.41, 5.74) is 4.26. The van der Waals surface area contributed by atoms with Gasteiger partial charge in [-0.25, -0.2) is 0 Å². The average molecular weight is 369 g/mol. The van der Waals surface area contributed by atoms with Crippen LogP contribution in [0.5, 0.6) is 0 Å². The molecule has 0 bridgehead atoms. The molecular weight excluding hydrogens is 332 g/mol. The lowest BCUT2D eigenvalue weighted by molar-refractivity contribution is 0.188. The van der Waals surface area contributed by atoms with Crippen LogP contribution in [0.25, 0.3) is 0 Å². The van der Waals surface area contributed by atoms with E-state index in [9.17, 15) is 20.4 Å². The first-order valence-corrected chi connectivity index (χ1v) is 9.46. The van der Waals surface area contributed by atoms with E-state index in [2.05, 4.69) is 22.8 Å². The van der Waals surface area contributed by atoms with Gasteiger partial charge in [-0.15, -0.1) is 0 Å². The van der Waals surface area contributed by atoms with Crippen LogP contribution in [0, 0.1) is 0 Å². The molecule has 0 saturated heterocycles. The highest BCUT2D eigenvalue weighted by molar-refractivity contribution is 5.39. The van der Waals surface area contributed by atoms with Gasteiger partial charge in [-0.2, -0.15) is 0 Å². The maximum atomic E-state index is 9.84. The van der Waals surface area contributed by atoms with Crippen LogP contribution in [-0.2, 0) is 25.9 Å². The van der Waals surface area contributed by atoms with E-state index >= 15 is 0 Å². The number of aliphatic hydroxyl groups is 4. The molecule has 0 saturated carbocycles. The minimum Gasteiger partial charge on any atom is -0.393 e. The number of hydrogen-bond donors (Lipinski definition) is 6. The van der Waals surface area contributed by atoms with Crippen LogP contribution < -0.4 is 10.6 Å². The molecule has 0 amide bonds. The molecule has 0 spiro atoms. The Hall–Kier alpha value is -1.02. The van der Waals surface area contributed by atoms with E-state index in [4.69, 9.17) is 0 Å². The number of nitrogens with one attached hydrogen (secondary N) is 2. The molecule has 0 heterocycles. The first-order valence-electron chi connectivity index (χ1n) is 9.46. The van der Waals surface area contributed by atoms with Gasteiger partial charge in [0.15, 0.2) is 0 Å². The van der Waals surface area contributed by atoms with Gasteiger partial charge in [0.2, 0.25) is 0 Å². The second-order valence-electron chi connectivity index (χ2n) is 7.46. The molecule has 1 aromatic carbocycles. The second-order valence-corrected chi connectivity index (χ2v) is 7.46. The average Bonchev–Trinajstić information content (AvgIpc) is 2.48. The lowest BCUT2D eigenvalue weighted by Crippen LogP contribution is -2.26. The number of aliphatic hydroxyl groups excluding tert-OH is 4. The standard InChI is InChI=1S/C20H36N2O4/c1-13(23)5-17-7-18(6-14(2)24)20(12-22-10-16(4)26)8-19(17)11-21-9-15(3)25/h7-8,13-16,21-26H,5-6,9-12H2,1-4H3. The maximum Gasteiger partial charge on any atom is 0.0636 e. The summed E-state index contributed by atoms with van der Waals surface area (Å²) in [4.78, 5) is 0. The third kappa shape index (κ3) is 9.07. The first kappa shape index (κ1) is 23.0. The highest BCUT2D eigenvalue weighted by Gasteiger charge is 2.14.